The molecule has 4 heteroatoms. The van der Waals surface area contributed by atoms with E-state index in [4.69, 9.17) is 0 Å². The van der Waals surface area contributed by atoms with Gasteiger partial charge in [0.25, 0.3) is 0 Å². The van der Waals surface area contributed by atoms with E-state index >= 15 is 0 Å². The van der Waals surface area contributed by atoms with Gasteiger partial charge < -0.3 is 5.32 Å². The van der Waals surface area contributed by atoms with E-state index in [9.17, 15) is 0 Å². The van der Waals surface area contributed by atoms with Gasteiger partial charge in [-0.1, -0.05) is 13.8 Å². The third-order valence-corrected chi connectivity index (χ3v) is 5.00. The molecule has 1 aliphatic carbocycles. The van der Waals surface area contributed by atoms with Gasteiger partial charge in [-0.2, -0.15) is 0 Å². The predicted molar refractivity (Wildman–Crippen MR) is 82.5 cm³/mol. The molecule has 0 aliphatic heterocycles. The first-order chi connectivity index (χ1) is 9.17. The first kappa shape index (κ1) is 14.9. The average Bonchev–Trinajstić information content (AvgIpc) is 3.11. The molecule has 1 aromatic heterocycles. The Morgan fingerprint density at radius 2 is 2.16 bits per heavy atom. The molecule has 1 heterocycles. The molecule has 0 aromatic carbocycles. The third kappa shape index (κ3) is 4.55. The first-order valence-electron chi connectivity index (χ1n) is 7.46. The van der Waals surface area contributed by atoms with Crippen molar-refractivity contribution < 1.29 is 0 Å². The Bertz CT molecular complexity index is 355. The van der Waals surface area contributed by atoms with E-state index < -0.39 is 0 Å². The summed E-state index contributed by atoms with van der Waals surface area (Å²) in [6.07, 6.45) is 5.23. The molecule has 0 saturated heterocycles. The number of thiazole rings is 1. The van der Waals surface area contributed by atoms with Crippen molar-refractivity contribution in [2.45, 2.75) is 52.1 Å². The topological polar surface area (TPSA) is 28.2 Å². The molecule has 0 amide bonds. The molecule has 2 rings (SSSR count). The van der Waals surface area contributed by atoms with Crippen LogP contribution in [0.5, 0.6) is 0 Å². The van der Waals surface area contributed by atoms with Crippen LogP contribution < -0.4 is 5.32 Å². The Labute approximate surface area is 121 Å². The zero-order valence-corrected chi connectivity index (χ0v) is 13.3. The van der Waals surface area contributed by atoms with Crippen molar-refractivity contribution in [3.05, 3.63) is 16.6 Å². The SMILES string of the molecule is CCC(CC)(CNC1CC1)CN(C)Cc1cscn1. The summed E-state index contributed by atoms with van der Waals surface area (Å²) in [6, 6.07) is 0.807. The van der Waals surface area contributed by atoms with Crippen molar-refractivity contribution in [3.63, 3.8) is 0 Å². The van der Waals surface area contributed by atoms with Crippen molar-refractivity contribution in [3.8, 4) is 0 Å². The van der Waals surface area contributed by atoms with Gasteiger partial charge in [-0.25, -0.2) is 4.98 Å². The zero-order valence-electron chi connectivity index (χ0n) is 12.5. The zero-order chi connectivity index (χ0) is 13.7. The van der Waals surface area contributed by atoms with Gasteiger partial charge in [0.2, 0.25) is 0 Å². The molecule has 19 heavy (non-hydrogen) atoms. The summed E-state index contributed by atoms with van der Waals surface area (Å²) in [5, 5.41) is 5.87. The van der Waals surface area contributed by atoms with Crippen LogP contribution in [0.2, 0.25) is 0 Å². The molecule has 0 radical (unpaired) electrons. The lowest BCUT2D eigenvalue weighted by Gasteiger charge is -2.36. The van der Waals surface area contributed by atoms with E-state index in [0.717, 1.165) is 25.7 Å². The second kappa shape index (κ2) is 6.82. The Morgan fingerprint density at radius 1 is 1.42 bits per heavy atom. The Hall–Kier alpha value is -0.450. The minimum atomic E-state index is 0.410. The first-order valence-corrected chi connectivity index (χ1v) is 8.41. The van der Waals surface area contributed by atoms with Gasteiger partial charge in [-0.05, 0) is 38.1 Å². The lowest BCUT2D eigenvalue weighted by atomic mass is 9.81. The highest BCUT2D eigenvalue weighted by molar-refractivity contribution is 7.07. The van der Waals surface area contributed by atoms with Crippen molar-refractivity contribution in [2.24, 2.45) is 5.41 Å². The molecule has 1 N–H and O–H groups in total. The van der Waals surface area contributed by atoms with Gasteiger partial charge >= 0.3 is 0 Å². The summed E-state index contributed by atoms with van der Waals surface area (Å²) in [7, 11) is 2.22. The molecule has 0 spiro atoms. The van der Waals surface area contributed by atoms with Crippen molar-refractivity contribution in [1.82, 2.24) is 15.2 Å². The number of hydrogen-bond donors (Lipinski definition) is 1. The molecule has 1 saturated carbocycles. The molecule has 1 aliphatic rings. The van der Waals surface area contributed by atoms with Gasteiger partial charge in [0, 0.05) is 31.1 Å². The largest absolute Gasteiger partial charge is 0.313 e. The van der Waals surface area contributed by atoms with E-state index in [1.807, 2.05) is 5.51 Å². The van der Waals surface area contributed by atoms with Crippen LogP contribution in [-0.4, -0.2) is 36.1 Å². The fourth-order valence-corrected chi connectivity index (χ4v) is 3.20. The maximum Gasteiger partial charge on any atom is 0.0795 e. The summed E-state index contributed by atoms with van der Waals surface area (Å²) < 4.78 is 0. The quantitative estimate of drug-likeness (QED) is 0.754. The smallest absolute Gasteiger partial charge is 0.0795 e. The number of rotatable bonds is 9. The summed E-state index contributed by atoms with van der Waals surface area (Å²) in [6.45, 7) is 7.93. The lowest BCUT2D eigenvalue weighted by Crippen LogP contribution is -2.42. The normalized spacial score (nSPS) is 16.2. The molecule has 0 unspecified atom stereocenters. The predicted octanol–water partition coefficient (Wildman–Crippen LogP) is 3.13. The number of aromatic nitrogens is 1. The van der Waals surface area contributed by atoms with Gasteiger partial charge in [0.05, 0.1) is 11.2 Å². The van der Waals surface area contributed by atoms with Crippen molar-refractivity contribution in [2.75, 3.05) is 20.1 Å². The summed E-state index contributed by atoms with van der Waals surface area (Å²) >= 11 is 1.68. The molecule has 0 atom stereocenters. The summed E-state index contributed by atoms with van der Waals surface area (Å²) in [5.41, 5.74) is 3.53. The molecule has 1 fully saturated rings. The number of hydrogen-bond acceptors (Lipinski definition) is 4. The van der Waals surface area contributed by atoms with E-state index in [2.05, 4.69) is 41.5 Å². The fraction of sp³-hybridized carbons (Fsp3) is 0.800. The minimum absolute atomic E-state index is 0.410. The average molecular weight is 281 g/mol. The van der Waals surface area contributed by atoms with Gasteiger partial charge in [-0.3, -0.25) is 4.90 Å². The van der Waals surface area contributed by atoms with E-state index in [1.54, 1.807) is 11.3 Å². The number of nitrogens with one attached hydrogen (secondary N) is 1. The van der Waals surface area contributed by atoms with E-state index in [-0.39, 0.29) is 0 Å². The van der Waals surface area contributed by atoms with E-state index in [1.165, 1.54) is 31.4 Å². The fourth-order valence-electron chi connectivity index (χ4n) is 2.65. The highest BCUT2D eigenvalue weighted by atomic mass is 32.1. The van der Waals surface area contributed by atoms with Crippen LogP contribution in [0, 0.1) is 5.41 Å². The summed E-state index contributed by atoms with van der Waals surface area (Å²) in [4.78, 5) is 6.81. The second-order valence-corrected chi connectivity index (χ2v) is 6.73. The summed E-state index contributed by atoms with van der Waals surface area (Å²) in [5.74, 6) is 0. The molecule has 3 nitrogen and oxygen atoms in total. The van der Waals surface area contributed by atoms with Crippen LogP contribution in [0.15, 0.2) is 10.9 Å². The lowest BCUT2D eigenvalue weighted by molar-refractivity contribution is 0.149. The van der Waals surface area contributed by atoms with Gasteiger partial charge in [0.1, 0.15) is 0 Å². The van der Waals surface area contributed by atoms with Crippen LogP contribution in [0.25, 0.3) is 0 Å². The second-order valence-electron chi connectivity index (χ2n) is 6.01. The van der Waals surface area contributed by atoms with Crippen LogP contribution in [-0.2, 0) is 6.54 Å². The minimum Gasteiger partial charge on any atom is -0.313 e. The van der Waals surface area contributed by atoms with E-state index in [0.29, 0.717) is 5.41 Å². The molecular formula is C15H27N3S. The maximum atomic E-state index is 4.38. The monoisotopic (exact) mass is 281 g/mol. The Kier molecular flexibility index (Phi) is 5.37. The van der Waals surface area contributed by atoms with Gasteiger partial charge in [-0.15, -0.1) is 11.3 Å². The highest BCUT2D eigenvalue weighted by Crippen LogP contribution is 2.29. The molecule has 1 aromatic rings. The molecule has 108 valence electrons. The Morgan fingerprint density at radius 3 is 2.68 bits per heavy atom. The highest BCUT2D eigenvalue weighted by Gasteiger charge is 2.30. The van der Waals surface area contributed by atoms with Crippen molar-refractivity contribution in [1.29, 1.82) is 0 Å². The third-order valence-electron chi connectivity index (χ3n) is 4.36. The number of nitrogens with zero attached hydrogens (tertiary/aromatic N) is 2. The molecular weight excluding hydrogens is 254 g/mol. The maximum absolute atomic E-state index is 4.38. The van der Waals surface area contributed by atoms with Crippen LogP contribution in [0.4, 0.5) is 0 Å². The van der Waals surface area contributed by atoms with Crippen molar-refractivity contribution >= 4 is 11.3 Å². The van der Waals surface area contributed by atoms with Gasteiger partial charge in [0.15, 0.2) is 0 Å². The molecule has 0 bridgehead atoms. The standard InChI is InChI=1S/C15H27N3S/c1-4-15(5-2,10-16-13-6-7-13)11-18(3)8-14-9-19-12-17-14/h9,12-13,16H,4-8,10-11H2,1-3H3. The van der Waals surface area contributed by atoms with Crippen LogP contribution in [0.3, 0.4) is 0 Å². The van der Waals surface area contributed by atoms with Crippen LogP contribution in [0.1, 0.15) is 45.2 Å². The van der Waals surface area contributed by atoms with Crippen LogP contribution >= 0.6 is 11.3 Å². The Balaban J connectivity index is 1.86.